The molecule has 0 unspecified atom stereocenters. The van der Waals surface area contributed by atoms with Gasteiger partial charge < -0.3 is 5.11 Å². The lowest BCUT2D eigenvalue weighted by atomic mass is 10.1. The van der Waals surface area contributed by atoms with Crippen molar-refractivity contribution in [1.29, 1.82) is 0 Å². The molecule has 14 heavy (non-hydrogen) atoms. The number of phenols is 1. The van der Waals surface area contributed by atoms with Crippen LogP contribution in [0.2, 0.25) is 0 Å². The molecule has 0 amide bonds. The van der Waals surface area contributed by atoms with Gasteiger partial charge in [-0.15, -0.1) is 0 Å². The number of benzene rings is 1. The Morgan fingerprint density at radius 1 is 1.50 bits per heavy atom. The van der Waals surface area contributed by atoms with E-state index in [1.54, 1.807) is 6.92 Å². The van der Waals surface area contributed by atoms with E-state index in [0.29, 0.717) is 5.56 Å². The number of rotatable bonds is 2. The molecule has 1 rings (SSSR count). The Labute approximate surface area is 85.6 Å². The monoisotopic (exact) mass is 238 g/mol. The van der Waals surface area contributed by atoms with Crippen molar-refractivity contribution in [3.8, 4) is 5.75 Å². The van der Waals surface area contributed by atoms with E-state index in [9.17, 15) is 17.9 Å². The Bertz CT molecular complexity index is 456. The van der Waals surface area contributed by atoms with Crippen LogP contribution in [0.25, 0.3) is 0 Å². The minimum Gasteiger partial charge on any atom is -0.505 e. The smallest absolute Gasteiger partial charge is 0.236 e. The predicted molar refractivity (Wildman–Crippen MR) is 51.3 cm³/mol. The first-order chi connectivity index (χ1) is 6.29. The van der Waals surface area contributed by atoms with Gasteiger partial charge in [0, 0.05) is 16.2 Å². The van der Waals surface area contributed by atoms with Gasteiger partial charge in [-0.3, -0.25) is 0 Å². The van der Waals surface area contributed by atoms with Gasteiger partial charge in [0.05, 0.1) is 5.75 Å². The van der Waals surface area contributed by atoms with Gasteiger partial charge in [-0.05, 0) is 18.6 Å². The molecule has 0 radical (unpaired) electrons. The van der Waals surface area contributed by atoms with Gasteiger partial charge in [0.1, 0.15) is 0 Å². The molecule has 1 N–H and O–H groups in total. The second-order valence-electron chi connectivity index (χ2n) is 2.94. The summed E-state index contributed by atoms with van der Waals surface area (Å²) in [5.74, 6) is -2.10. The highest BCUT2D eigenvalue weighted by Gasteiger charge is 2.14. The van der Waals surface area contributed by atoms with Crippen molar-refractivity contribution in [3.63, 3.8) is 0 Å². The van der Waals surface area contributed by atoms with Gasteiger partial charge in [0.15, 0.2) is 11.6 Å². The van der Waals surface area contributed by atoms with Crippen molar-refractivity contribution in [2.75, 3.05) is 0 Å². The summed E-state index contributed by atoms with van der Waals surface area (Å²) in [6.45, 7) is 1.59. The molecule has 0 atom stereocenters. The zero-order chi connectivity index (χ0) is 10.9. The highest BCUT2D eigenvalue weighted by molar-refractivity contribution is 8.13. The summed E-state index contributed by atoms with van der Waals surface area (Å²) >= 11 is 0. The van der Waals surface area contributed by atoms with E-state index in [4.69, 9.17) is 10.7 Å². The second kappa shape index (κ2) is 3.74. The molecule has 6 heteroatoms. The molecular formula is C8H8ClFO3S. The van der Waals surface area contributed by atoms with Gasteiger partial charge in [0.2, 0.25) is 9.05 Å². The van der Waals surface area contributed by atoms with Gasteiger partial charge in [0.25, 0.3) is 0 Å². The maximum Gasteiger partial charge on any atom is 0.236 e. The van der Waals surface area contributed by atoms with E-state index in [0.717, 1.165) is 6.07 Å². The lowest BCUT2D eigenvalue weighted by molar-refractivity contribution is 0.427. The molecule has 0 saturated heterocycles. The highest BCUT2D eigenvalue weighted by atomic mass is 35.7. The average molecular weight is 239 g/mol. The van der Waals surface area contributed by atoms with Crippen molar-refractivity contribution < 1.29 is 17.9 Å². The van der Waals surface area contributed by atoms with Gasteiger partial charge in [-0.2, -0.15) is 0 Å². The van der Waals surface area contributed by atoms with Gasteiger partial charge in [-0.25, -0.2) is 12.8 Å². The third-order valence-electron chi connectivity index (χ3n) is 1.61. The number of aromatic hydroxyl groups is 1. The Hall–Kier alpha value is -0.810. The van der Waals surface area contributed by atoms with Crippen LogP contribution in [0.15, 0.2) is 12.1 Å². The first kappa shape index (κ1) is 11.3. The molecule has 0 aliphatic heterocycles. The number of hydrogen-bond donors (Lipinski definition) is 1. The maximum absolute atomic E-state index is 12.9. The zero-order valence-electron chi connectivity index (χ0n) is 7.29. The summed E-state index contributed by atoms with van der Waals surface area (Å²) in [6, 6.07) is 2.48. The summed E-state index contributed by atoms with van der Waals surface area (Å²) in [5.41, 5.74) is 0.494. The average Bonchev–Trinajstić information content (AvgIpc) is 1.96. The van der Waals surface area contributed by atoms with Crippen LogP contribution in [0, 0.1) is 12.7 Å². The first-order valence-electron chi connectivity index (χ1n) is 3.70. The summed E-state index contributed by atoms with van der Waals surface area (Å²) in [7, 11) is 1.20. The van der Waals surface area contributed by atoms with E-state index >= 15 is 0 Å². The van der Waals surface area contributed by atoms with Crippen LogP contribution in [0.3, 0.4) is 0 Å². The number of hydrogen-bond acceptors (Lipinski definition) is 3. The quantitative estimate of drug-likeness (QED) is 0.801. The highest BCUT2D eigenvalue weighted by Crippen LogP contribution is 2.25. The van der Waals surface area contributed by atoms with Gasteiger partial charge in [-0.1, -0.05) is 6.07 Å². The molecular weight excluding hydrogens is 231 g/mol. The topological polar surface area (TPSA) is 54.4 Å². The van der Waals surface area contributed by atoms with Crippen molar-refractivity contribution in [2.24, 2.45) is 0 Å². The second-order valence-corrected chi connectivity index (χ2v) is 5.71. The van der Waals surface area contributed by atoms with Gasteiger partial charge >= 0.3 is 0 Å². The number of phenolic OH excluding ortho intramolecular Hbond substituents is 1. The van der Waals surface area contributed by atoms with Crippen LogP contribution in [0.4, 0.5) is 4.39 Å². The SMILES string of the molecule is Cc1cc(F)c(O)c(CS(=O)(=O)Cl)c1. The van der Waals surface area contributed by atoms with E-state index in [1.165, 1.54) is 6.07 Å². The van der Waals surface area contributed by atoms with Crippen molar-refractivity contribution in [1.82, 2.24) is 0 Å². The molecule has 0 fully saturated rings. The van der Waals surface area contributed by atoms with Crippen LogP contribution >= 0.6 is 10.7 Å². The molecule has 0 spiro atoms. The van der Waals surface area contributed by atoms with E-state index < -0.39 is 26.4 Å². The standard InChI is InChI=1S/C8H8ClFO3S/c1-5-2-6(4-14(9,12)13)8(11)7(10)3-5/h2-3,11H,4H2,1H3. The van der Waals surface area contributed by atoms with Crippen molar-refractivity contribution in [2.45, 2.75) is 12.7 Å². The molecule has 1 aromatic rings. The summed E-state index contributed by atoms with van der Waals surface area (Å²) in [4.78, 5) is 0. The largest absolute Gasteiger partial charge is 0.505 e. The van der Waals surface area contributed by atoms with Crippen LogP contribution in [0.5, 0.6) is 5.75 Å². The molecule has 0 aromatic heterocycles. The summed E-state index contributed by atoms with van der Waals surface area (Å²) in [6.07, 6.45) is 0. The van der Waals surface area contributed by atoms with Crippen LogP contribution < -0.4 is 0 Å². The molecule has 78 valence electrons. The summed E-state index contributed by atoms with van der Waals surface area (Å²) in [5, 5.41) is 9.19. The van der Waals surface area contributed by atoms with E-state index in [1.807, 2.05) is 0 Å². The fraction of sp³-hybridized carbons (Fsp3) is 0.250. The Balaban J connectivity index is 3.22. The van der Waals surface area contributed by atoms with Crippen molar-refractivity contribution in [3.05, 3.63) is 29.1 Å². The number of halogens is 2. The van der Waals surface area contributed by atoms with E-state index in [-0.39, 0.29) is 5.56 Å². The molecule has 0 aliphatic carbocycles. The zero-order valence-corrected chi connectivity index (χ0v) is 8.86. The fourth-order valence-corrected chi connectivity index (χ4v) is 2.05. The normalized spacial score (nSPS) is 11.6. The van der Waals surface area contributed by atoms with Crippen LogP contribution in [0.1, 0.15) is 11.1 Å². The van der Waals surface area contributed by atoms with Crippen LogP contribution in [-0.4, -0.2) is 13.5 Å². The lowest BCUT2D eigenvalue weighted by Crippen LogP contribution is -1.97. The molecule has 0 heterocycles. The predicted octanol–water partition coefficient (Wildman–Crippen LogP) is 1.91. The molecule has 1 aromatic carbocycles. The molecule has 3 nitrogen and oxygen atoms in total. The van der Waals surface area contributed by atoms with Crippen LogP contribution in [-0.2, 0) is 14.8 Å². The van der Waals surface area contributed by atoms with E-state index in [2.05, 4.69) is 0 Å². The number of aryl methyl sites for hydroxylation is 1. The van der Waals surface area contributed by atoms with Crippen molar-refractivity contribution >= 4 is 19.7 Å². The third kappa shape index (κ3) is 2.85. The summed E-state index contributed by atoms with van der Waals surface area (Å²) < 4.78 is 34.3. The first-order valence-corrected chi connectivity index (χ1v) is 6.18. The Morgan fingerprint density at radius 3 is 2.57 bits per heavy atom. The molecule has 0 saturated carbocycles. The lowest BCUT2D eigenvalue weighted by Gasteiger charge is -2.04. The molecule has 0 aliphatic rings. The molecule has 0 bridgehead atoms. The Morgan fingerprint density at radius 2 is 2.07 bits per heavy atom. The maximum atomic E-state index is 12.9. The fourth-order valence-electron chi connectivity index (χ4n) is 1.10. The minimum atomic E-state index is -3.79. The third-order valence-corrected chi connectivity index (χ3v) is 2.60. The minimum absolute atomic E-state index is 0.0301. The Kier molecular flexibility index (Phi) is 3.01.